The quantitative estimate of drug-likeness (QED) is 0.840. The van der Waals surface area contributed by atoms with Crippen molar-refractivity contribution in [3.63, 3.8) is 0 Å². The average molecular weight is 280 g/mol. The molecule has 4 heteroatoms. The molecule has 3 nitrogen and oxygen atoms in total. The van der Waals surface area contributed by atoms with E-state index in [1.807, 2.05) is 0 Å². The Balaban J connectivity index is 1.51. The Morgan fingerprint density at radius 1 is 1.26 bits per heavy atom. The summed E-state index contributed by atoms with van der Waals surface area (Å²) in [5.41, 5.74) is 0. The van der Waals surface area contributed by atoms with Crippen LogP contribution in [0, 0.1) is 17.8 Å². The van der Waals surface area contributed by atoms with Gasteiger partial charge in [0.1, 0.15) is 0 Å². The van der Waals surface area contributed by atoms with Gasteiger partial charge in [-0.3, -0.25) is 0 Å². The van der Waals surface area contributed by atoms with Crippen LogP contribution in [0.3, 0.4) is 0 Å². The lowest BCUT2D eigenvalue weighted by Gasteiger charge is -2.32. The molecular weight excluding hydrogens is 258 g/mol. The molecule has 0 aromatic carbocycles. The molecule has 104 valence electrons. The summed E-state index contributed by atoms with van der Waals surface area (Å²) in [6.07, 6.45) is 10.2. The summed E-state index contributed by atoms with van der Waals surface area (Å²) in [5.74, 6) is 3.84. The monoisotopic (exact) mass is 279 g/mol. The average Bonchev–Trinajstić information content (AvgIpc) is 3.20. The summed E-state index contributed by atoms with van der Waals surface area (Å²) in [6, 6.07) is 0. The van der Waals surface area contributed by atoms with Crippen LogP contribution in [0.15, 0.2) is 12.4 Å². The minimum absolute atomic E-state index is 0.610. The molecule has 19 heavy (non-hydrogen) atoms. The van der Waals surface area contributed by atoms with Crippen LogP contribution in [0.2, 0.25) is 5.02 Å². The SMILES string of the molecule is CCCC1CC1C1CCN(c2ncc(Cl)cn2)CC1. The molecule has 0 bridgehead atoms. The molecule has 1 aromatic heterocycles. The lowest BCUT2D eigenvalue weighted by molar-refractivity contribution is 0.341. The second-order valence-corrected chi connectivity index (χ2v) is 6.41. The van der Waals surface area contributed by atoms with Crippen LogP contribution in [-0.4, -0.2) is 23.1 Å². The highest BCUT2D eigenvalue weighted by Gasteiger charge is 2.42. The fourth-order valence-electron chi connectivity index (χ4n) is 3.55. The first-order valence-electron chi connectivity index (χ1n) is 7.50. The molecule has 2 aliphatic rings. The smallest absolute Gasteiger partial charge is 0.225 e. The summed E-state index contributed by atoms with van der Waals surface area (Å²) in [6.45, 7) is 4.50. The molecular formula is C15H22ClN3. The van der Waals surface area contributed by atoms with Crippen LogP contribution in [0.4, 0.5) is 5.95 Å². The number of anilines is 1. The summed E-state index contributed by atoms with van der Waals surface area (Å²) in [4.78, 5) is 10.9. The van der Waals surface area contributed by atoms with Crippen molar-refractivity contribution in [2.24, 2.45) is 17.8 Å². The first kappa shape index (κ1) is 13.2. The van der Waals surface area contributed by atoms with Gasteiger partial charge in [0.25, 0.3) is 0 Å². The molecule has 2 unspecified atom stereocenters. The fourth-order valence-corrected chi connectivity index (χ4v) is 3.65. The Kier molecular flexibility index (Phi) is 3.92. The van der Waals surface area contributed by atoms with E-state index in [0.29, 0.717) is 5.02 Å². The van der Waals surface area contributed by atoms with Crippen LogP contribution in [0.1, 0.15) is 39.0 Å². The normalized spacial score (nSPS) is 27.6. The van der Waals surface area contributed by atoms with Gasteiger partial charge in [-0.25, -0.2) is 9.97 Å². The number of hydrogen-bond acceptors (Lipinski definition) is 3. The van der Waals surface area contributed by atoms with Crippen LogP contribution in [0.25, 0.3) is 0 Å². The third-order valence-electron chi connectivity index (χ3n) is 4.67. The molecule has 1 saturated heterocycles. The molecule has 1 aromatic rings. The fraction of sp³-hybridized carbons (Fsp3) is 0.733. The third-order valence-corrected chi connectivity index (χ3v) is 4.87. The Morgan fingerprint density at radius 3 is 2.58 bits per heavy atom. The predicted octanol–water partition coefficient (Wildman–Crippen LogP) is 3.78. The molecule has 0 radical (unpaired) electrons. The van der Waals surface area contributed by atoms with Crippen LogP contribution < -0.4 is 4.90 Å². The van der Waals surface area contributed by atoms with Gasteiger partial charge in [-0.2, -0.15) is 0 Å². The highest BCUT2D eigenvalue weighted by molar-refractivity contribution is 6.30. The van der Waals surface area contributed by atoms with Gasteiger partial charge in [0.2, 0.25) is 5.95 Å². The van der Waals surface area contributed by atoms with Gasteiger partial charge in [-0.1, -0.05) is 31.4 Å². The first-order chi connectivity index (χ1) is 9.28. The Hall–Kier alpha value is -0.830. The van der Waals surface area contributed by atoms with E-state index in [0.717, 1.165) is 36.8 Å². The number of rotatable bonds is 4. The number of aromatic nitrogens is 2. The van der Waals surface area contributed by atoms with Crippen molar-refractivity contribution in [2.75, 3.05) is 18.0 Å². The van der Waals surface area contributed by atoms with E-state index in [4.69, 9.17) is 11.6 Å². The van der Waals surface area contributed by atoms with Crippen LogP contribution in [0.5, 0.6) is 0 Å². The molecule has 2 fully saturated rings. The van der Waals surface area contributed by atoms with Crippen LogP contribution in [-0.2, 0) is 0 Å². The number of hydrogen-bond donors (Lipinski definition) is 0. The van der Waals surface area contributed by atoms with E-state index >= 15 is 0 Å². The molecule has 0 N–H and O–H groups in total. The second kappa shape index (κ2) is 5.66. The lowest BCUT2D eigenvalue weighted by Crippen LogP contribution is -2.35. The number of halogens is 1. The van der Waals surface area contributed by atoms with Crippen molar-refractivity contribution in [1.29, 1.82) is 0 Å². The third kappa shape index (κ3) is 3.02. The molecule has 1 saturated carbocycles. The summed E-state index contributed by atoms with van der Waals surface area (Å²) in [5, 5.41) is 0.610. The standard InChI is InChI=1S/C15H22ClN3/c1-2-3-12-8-14(12)11-4-6-19(7-5-11)15-17-9-13(16)10-18-15/h9-12,14H,2-8H2,1H3. The molecule has 1 aliphatic heterocycles. The first-order valence-corrected chi connectivity index (χ1v) is 7.88. The van der Waals surface area contributed by atoms with Gasteiger partial charge in [-0.05, 0) is 37.0 Å². The van der Waals surface area contributed by atoms with Gasteiger partial charge in [0.05, 0.1) is 17.4 Å². The maximum Gasteiger partial charge on any atom is 0.225 e. The van der Waals surface area contributed by atoms with Crippen molar-refractivity contribution < 1.29 is 0 Å². The molecule has 1 aliphatic carbocycles. The van der Waals surface area contributed by atoms with E-state index in [1.54, 1.807) is 12.4 Å². The number of nitrogens with zero attached hydrogens (tertiary/aromatic N) is 3. The molecule has 2 atom stereocenters. The largest absolute Gasteiger partial charge is 0.341 e. The topological polar surface area (TPSA) is 29.0 Å². The molecule has 3 rings (SSSR count). The van der Waals surface area contributed by atoms with E-state index in [9.17, 15) is 0 Å². The van der Waals surface area contributed by atoms with Gasteiger partial charge in [0.15, 0.2) is 0 Å². The summed E-state index contributed by atoms with van der Waals surface area (Å²) in [7, 11) is 0. The zero-order valence-corrected chi connectivity index (χ0v) is 12.3. The minimum Gasteiger partial charge on any atom is -0.341 e. The number of piperidine rings is 1. The van der Waals surface area contributed by atoms with Crippen molar-refractivity contribution in [3.8, 4) is 0 Å². The maximum absolute atomic E-state index is 5.83. The lowest BCUT2D eigenvalue weighted by atomic mass is 9.90. The van der Waals surface area contributed by atoms with Crippen LogP contribution >= 0.6 is 11.6 Å². The Morgan fingerprint density at radius 2 is 1.95 bits per heavy atom. The highest BCUT2D eigenvalue weighted by Crippen LogP contribution is 2.50. The van der Waals surface area contributed by atoms with E-state index in [2.05, 4.69) is 21.8 Å². The zero-order chi connectivity index (χ0) is 13.2. The predicted molar refractivity (Wildman–Crippen MR) is 78.5 cm³/mol. The zero-order valence-electron chi connectivity index (χ0n) is 11.6. The van der Waals surface area contributed by atoms with Gasteiger partial charge >= 0.3 is 0 Å². The minimum atomic E-state index is 0.610. The van der Waals surface area contributed by atoms with E-state index in [1.165, 1.54) is 32.1 Å². The summed E-state index contributed by atoms with van der Waals surface area (Å²) >= 11 is 5.83. The Labute approximate surface area is 120 Å². The second-order valence-electron chi connectivity index (χ2n) is 5.97. The van der Waals surface area contributed by atoms with Gasteiger partial charge < -0.3 is 4.90 Å². The van der Waals surface area contributed by atoms with Crippen molar-refractivity contribution in [2.45, 2.75) is 39.0 Å². The van der Waals surface area contributed by atoms with Gasteiger partial charge in [-0.15, -0.1) is 0 Å². The van der Waals surface area contributed by atoms with Gasteiger partial charge in [0, 0.05) is 13.1 Å². The molecule has 2 heterocycles. The maximum atomic E-state index is 5.83. The van der Waals surface area contributed by atoms with E-state index in [-0.39, 0.29) is 0 Å². The van der Waals surface area contributed by atoms with Crippen molar-refractivity contribution in [3.05, 3.63) is 17.4 Å². The van der Waals surface area contributed by atoms with E-state index < -0.39 is 0 Å². The highest BCUT2D eigenvalue weighted by atomic mass is 35.5. The molecule has 0 spiro atoms. The van der Waals surface area contributed by atoms with Crippen molar-refractivity contribution >= 4 is 17.5 Å². The Bertz CT molecular complexity index is 412. The summed E-state index contributed by atoms with van der Waals surface area (Å²) < 4.78 is 0. The molecule has 0 amide bonds. The van der Waals surface area contributed by atoms with Crippen molar-refractivity contribution in [1.82, 2.24) is 9.97 Å².